The molecule has 96 valence electrons. The molecule has 0 aromatic heterocycles. The fraction of sp³-hybridized carbons (Fsp3) is 0.357. The molecule has 1 aromatic rings. The Morgan fingerprint density at radius 2 is 2.11 bits per heavy atom. The van der Waals surface area contributed by atoms with Gasteiger partial charge < -0.3 is 15.5 Å². The van der Waals surface area contributed by atoms with Gasteiger partial charge in [-0.25, -0.2) is 0 Å². The summed E-state index contributed by atoms with van der Waals surface area (Å²) in [6.07, 6.45) is 1.69. The minimum absolute atomic E-state index is 0.0379. The molecule has 0 radical (unpaired) electrons. The highest BCUT2D eigenvalue weighted by atomic mass is 16.1. The number of hydrogen-bond acceptors (Lipinski definition) is 3. The van der Waals surface area contributed by atoms with Gasteiger partial charge in [0.2, 0.25) is 0 Å². The summed E-state index contributed by atoms with van der Waals surface area (Å²) in [6, 6.07) is 7.75. The number of hydrogen-bond donors (Lipinski definition) is 2. The number of nitrogens with one attached hydrogen (secondary N) is 2. The van der Waals surface area contributed by atoms with Crippen molar-refractivity contribution in [2.75, 3.05) is 37.6 Å². The number of rotatable bonds is 4. The lowest BCUT2D eigenvalue weighted by Gasteiger charge is -2.30. The lowest BCUT2D eigenvalue weighted by molar-refractivity contribution is 0.0958. The maximum atomic E-state index is 12.1. The van der Waals surface area contributed by atoms with Gasteiger partial charge in [0.05, 0.1) is 5.56 Å². The van der Waals surface area contributed by atoms with Crippen LogP contribution in [0.15, 0.2) is 36.9 Å². The molecule has 0 aliphatic carbocycles. The van der Waals surface area contributed by atoms with Crippen LogP contribution in [0.5, 0.6) is 0 Å². The molecule has 0 atom stereocenters. The normalized spacial score (nSPS) is 15.2. The third-order valence-corrected chi connectivity index (χ3v) is 3.01. The predicted molar refractivity (Wildman–Crippen MR) is 74.1 cm³/mol. The Hall–Kier alpha value is -1.81. The average molecular weight is 245 g/mol. The van der Waals surface area contributed by atoms with E-state index in [4.69, 9.17) is 0 Å². The molecule has 0 bridgehead atoms. The highest BCUT2D eigenvalue weighted by Gasteiger charge is 2.17. The van der Waals surface area contributed by atoms with Gasteiger partial charge in [-0.3, -0.25) is 4.79 Å². The summed E-state index contributed by atoms with van der Waals surface area (Å²) in [5.74, 6) is -0.0379. The van der Waals surface area contributed by atoms with E-state index in [2.05, 4.69) is 22.1 Å². The van der Waals surface area contributed by atoms with Crippen molar-refractivity contribution in [3.8, 4) is 0 Å². The van der Waals surface area contributed by atoms with Crippen LogP contribution in [0.4, 0.5) is 5.69 Å². The van der Waals surface area contributed by atoms with Crippen LogP contribution in [-0.4, -0.2) is 38.6 Å². The van der Waals surface area contributed by atoms with E-state index in [-0.39, 0.29) is 5.91 Å². The van der Waals surface area contributed by atoms with E-state index < -0.39 is 0 Å². The Kier molecular flexibility index (Phi) is 4.36. The summed E-state index contributed by atoms with van der Waals surface area (Å²) in [7, 11) is 0. The van der Waals surface area contributed by atoms with Crippen LogP contribution in [0, 0.1) is 0 Å². The zero-order valence-corrected chi connectivity index (χ0v) is 10.5. The van der Waals surface area contributed by atoms with Crippen molar-refractivity contribution < 1.29 is 4.79 Å². The zero-order valence-electron chi connectivity index (χ0n) is 10.5. The van der Waals surface area contributed by atoms with Crippen LogP contribution in [-0.2, 0) is 0 Å². The zero-order chi connectivity index (χ0) is 12.8. The van der Waals surface area contributed by atoms with Gasteiger partial charge in [-0.1, -0.05) is 18.2 Å². The molecule has 0 unspecified atom stereocenters. The second-order valence-electron chi connectivity index (χ2n) is 4.25. The minimum Gasteiger partial charge on any atom is -0.368 e. The summed E-state index contributed by atoms with van der Waals surface area (Å²) in [5, 5.41) is 6.14. The summed E-state index contributed by atoms with van der Waals surface area (Å²) in [5.41, 5.74) is 1.75. The van der Waals surface area contributed by atoms with Crippen molar-refractivity contribution >= 4 is 11.6 Å². The van der Waals surface area contributed by atoms with Crippen molar-refractivity contribution in [1.82, 2.24) is 10.6 Å². The second kappa shape index (κ2) is 6.21. The maximum absolute atomic E-state index is 12.1. The number of carbonyl (C=O) groups is 1. The fourth-order valence-electron chi connectivity index (χ4n) is 2.11. The quantitative estimate of drug-likeness (QED) is 0.778. The molecule has 1 heterocycles. The molecular formula is C14H19N3O. The number of piperazine rings is 1. The van der Waals surface area contributed by atoms with Gasteiger partial charge in [-0.2, -0.15) is 0 Å². The van der Waals surface area contributed by atoms with Crippen LogP contribution in [0.1, 0.15) is 10.4 Å². The second-order valence-corrected chi connectivity index (χ2v) is 4.25. The van der Waals surface area contributed by atoms with E-state index in [1.54, 1.807) is 6.08 Å². The number of carbonyl (C=O) groups excluding carboxylic acids is 1. The monoisotopic (exact) mass is 245 g/mol. The number of benzene rings is 1. The first-order valence-corrected chi connectivity index (χ1v) is 6.26. The van der Waals surface area contributed by atoms with E-state index in [0.29, 0.717) is 6.54 Å². The third-order valence-electron chi connectivity index (χ3n) is 3.01. The van der Waals surface area contributed by atoms with E-state index in [1.807, 2.05) is 24.3 Å². The summed E-state index contributed by atoms with van der Waals surface area (Å²) in [4.78, 5) is 14.3. The highest BCUT2D eigenvalue weighted by Crippen LogP contribution is 2.20. The molecule has 4 heteroatoms. The number of para-hydroxylation sites is 1. The number of anilines is 1. The van der Waals surface area contributed by atoms with E-state index in [0.717, 1.165) is 37.4 Å². The molecule has 2 N–H and O–H groups in total. The largest absolute Gasteiger partial charge is 0.368 e. The topological polar surface area (TPSA) is 44.4 Å². The lowest BCUT2D eigenvalue weighted by Crippen LogP contribution is -2.44. The smallest absolute Gasteiger partial charge is 0.253 e. The van der Waals surface area contributed by atoms with Gasteiger partial charge in [0.1, 0.15) is 0 Å². The molecule has 1 aromatic carbocycles. The first kappa shape index (κ1) is 12.6. The third kappa shape index (κ3) is 2.90. The van der Waals surface area contributed by atoms with Gasteiger partial charge in [0, 0.05) is 38.4 Å². The molecular weight excluding hydrogens is 226 g/mol. The Balaban J connectivity index is 2.18. The van der Waals surface area contributed by atoms with Gasteiger partial charge >= 0.3 is 0 Å². The molecule has 0 saturated carbocycles. The van der Waals surface area contributed by atoms with Crippen molar-refractivity contribution in [2.45, 2.75) is 0 Å². The van der Waals surface area contributed by atoms with Crippen molar-refractivity contribution in [2.24, 2.45) is 0 Å². The van der Waals surface area contributed by atoms with Crippen LogP contribution in [0.25, 0.3) is 0 Å². The fourth-order valence-corrected chi connectivity index (χ4v) is 2.11. The van der Waals surface area contributed by atoms with E-state index in [9.17, 15) is 4.79 Å². The predicted octanol–water partition coefficient (Wildman–Crippen LogP) is 1.01. The summed E-state index contributed by atoms with van der Waals surface area (Å²) < 4.78 is 0. The highest BCUT2D eigenvalue weighted by molar-refractivity contribution is 5.99. The maximum Gasteiger partial charge on any atom is 0.253 e. The van der Waals surface area contributed by atoms with Crippen LogP contribution in [0.3, 0.4) is 0 Å². The van der Waals surface area contributed by atoms with E-state index >= 15 is 0 Å². The van der Waals surface area contributed by atoms with E-state index in [1.165, 1.54) is 0 Å². The Morgan fingerprint density at radius 3 is 2.83 bits per heavy atom. The van der Waals surface area contributed by atoms with Crippen molar-refractivity contribution in [3.63, 3.8) is 0 Å². The van der Waals surface area contributed by atoms with Crippen LogP contribution < -0.4 is 15.5 Å². The Morgan fingerprint density at radius 1 is 1.39 bits per heavy atom. The SMILES string of the molecule is C=CCNC(=O)c1ccccc1N1CCNCC1. The molecule has 1 aliphatic heterocycles. The summed E-state index contributed by atoms with van der Waals surface area (Å²) >= 11 is 0. The lowest BCUT2D eigenvalue weighted by atomic mass is 10.1. The van der Waals surface area contributed by atoms with Gasteiger partial charge in [0.25, 0.3) is 5.91 Å². The van der Waals surface area contributed by atoms with Crippen molar-refractivity contribution in [3.05, 3.63) is 42.5 Å². The molecule has 1 fully saturated rings. The molecule has 1 saturated heterocycles. The average Bonchev–Trinajstić information content (AvgIpc) is 2.45. The standard InChI is InChI=1S/C14H19N3O/c1-2-7-16-14(18)12-5-3-4-6-13(12)17-10-8-15-9-11-17/h2-6,15H,1,7-11H2,(H,16,18). The molecule has 18 heavy (non-hydrogen) atoms. The van der Waals surface area contributed by atoms with Crippen LogP contribution >= 0.6 is 0 Å². The molecule has 2 rings (SSSR count). The minimum atomic E-state index is -0.0379. The van der Waals surface area contributed by atoms with Gasteiger partial charge in [-0.05, 0) is 12.1 Å². The first-order valence-electron chi connectivity index (χ1n) is 6.26. The Labute approximate surface area is 108 Å². The first-order chi connectivity index (χ1) is 8.83. The van der Waals surface area contributed by atoms with Gasteiger partial charge in [0.15, 0.2) is 0 Å². The molecule has 1 amide bonds. The summed E-state index contributed by atoms with van der Waals surface area (Å²) in [6.45, 7) is 7.89. The number of nitrogens with zero attached hydrogens (tertiary/aromatic N) is 1. The van der Waals surface area contributed by atoms with Gasteiger partial charge in [-0.15, -0.1) is 6.58 Å². The Bertz CT molecular complexity index is 425. The molecule has 1 aliphatic rings. The molecule has 4 nitrogen and oxygen atoms in total. The van der Waals surface area contributed by atoms with Crippen LogP contribution in [0.2, 0.25) is 0 Å². The molecule has 0 spiro atoms. The number of amides is 1. The van der Waals surface area contributed by atoms with Crippen molar-refractivity contribution in [1.29, 1.82) is 0 Å².